The van der Waals surface area contributed by atoms with E-state index in [0.717, 1.165) is 24.5 Å². The lowest BCUT2D eigenvalue weighted by Gasteiger charge is -2.35. The zero-order chi connectivity index (χ0) is 15.9. The number of nitrogens with zero attached hydrogens (tertiary/aromatic N) is 2. The Hall–Kier alpha value is -1.85. The smallest absolute Gasteiger partial charge is 0.118 e. The van der Waals surface area contributed by atoms with Gasteiger partial charge < -0.3 is 10.1 Å². The molecule has 2 aromatic rings. The molecule has 0 spiro atoms. The Morgan fingerprint density at radius 2 is 1.96 bits per heavy atom. The SMILES string of the molecule is COc1ccc(C(CNCc2ccn[nH]2)N2CCCCC2)cc1. The number of hydrogen-bond donors (Lipinski definition) is 2. The largest absolute Gasteiger partial charge is 0.497 e. The van der Waals surface area contributed by atoms with Gasteiger partial charge in [-0.1, -0.05) is 18.6 Å². The van der Waals surface area contributed by atoms with Crippen LogP contribution in [0.25, 0.3) is 0 Å². The highest BCUT2D eigenvalue weighted by Gasteiger charge is 2.22. The first kappa shape index (κ1) is 16.0. The Morgan fingerprint density at radius 1 is 1.17 bits per heavy atom. The van der Waals surface area contributed by atoms with E-state index in [-0.39, 0.29) is 0 Å². The molecule has 1 unspecified atom stereocenters. The maximum absolute atomic E-state index is 5.28. The van der Waals surface area contributed by atoms with Gasteiger partial charge in [-0.2, -0.15) is 5.10 Å². The molecule has 1 saturated heterocycles. The molecule has 0 saturated carbocycles. The van der Waals surface area contributed by atoms with E-state index in [1.54, 1.807) is 13.3 Å². The van der Waals surface area contributed by atoms with Crippen LogP contribution in [0.3, 0.4) is 0 Å². The summed E-state index contributed by atoms with van der Waals surface area (Å²) in [4.78, 5) is 2.60. The fourth-order valence-electron chi connectivity index (χ4n) is 3.24. The maximum atomic E-state index is 5.28. The fraction of sp³-hybridized carbons (Fsp3) is 0.500. The molecule has 0 amide bonds. The van der Waals surface area contributed by atoms with E-state index >= 15 is 0 Å². The van der Waals surface area contributed by atoms with Gasteiger partial charge in [0.05, 0.1) is 7.11 Å². The number of methoxy groups -OCH3 is 1. The van der Waals surface area contributed by atoms with Crippen LogP contribution >= 0.6 is 0 Å². The molecule has 1 atom stereocenters. The summed E-state index contributed by atoms with van der Waals surface area (Å²) in [5.41, 5.74) is 2.47. The minimum absolute atomic E-state index is 0.407. The lowest BCUT2D eigenvalue weighted by molar-refractivity contribution is 0.160. The van der Waals surface area contributed by atoms with Crippen molar-refractivity contribution in [1.82, 2.24) is 20.4 Å². The first-order chi connectivity index (χ1) is 11.4. The average Bonchev–Trinajstić information content (AvgIpc) is 3.13. The molecule has 0 bridgehead atoms. The third-order valence-corrected chi connectivity index (χ3v) is 4.54. The van der Waals surface area contributed by atoms with Crippen molar-refractivity contribution in [2.24, 2.45) is 0 Å². The third-order valence-electron chi connectivity index (χ3n) is 4.54. The number of ether oxygens (including phenoxy) is 1. The van der Waals surface area contributed by atoms with E-state index in [1.165, 1.54) is 37.9 Å². The van der Waals surface area contributed by atoms with Crippen molar-refractivity contribution in [3.63, 3.8) is 0 Å². The molecular formula is C18H26N4O. The van der Waals surface area contributed by atoms with Gasteiger partial charge in [0.25, 0.3) is 0 Å². The number of benzene rings is 1. The zero-order valence-electron chi connectivity index (χ0n) is 13.8. The molecule has 1 aliphatic heterocycles. The van der Waals surface area contributed by atoms with Gasteiger partial charge in [-0.25, -0.2) is 0 Å². The number of aromatic amines is 1. The lowest BCUT2D eigenvalue weighted by Crippen LogP contribution is -2.39. The van der Waals surface area contributed by atoms with Crippen molar-refractivity contribution in [2.45, 2.75) is 31.8 Å². The van der Waals surface area contributed by atoms with E-state index in [0.29, 0.717) is 6.04 Å². The van der Waals surface area contributed by atoms with Gasteiger partial charge in [0.2, 0.25) is 0 Å². The van der Waals surface area contributed by atoms with Crippen molar-refractivity contribution in [1.29, 1.82) is 0 Å². The first-order valence-corrected chi connectivity index (χ1v) is 8.44. The zero-order valence-corrected chi connectivity index (χ0v) is 13.8. The van der Waals surface area contributed by atoms with E-state index < -0.39 is 0 Å². The Morgan fingerprint density at radius 3 is 2.61 bits per heavy atom. The van der Waals surface area contributed by atoms with Gasteiger partial charge in [-0.3, -0.25) is 10.00 Å². The molecule has 124 valence electrons. The minimum atomic E-state index is 0.407. The molecule has 1 aliphatic rings. The number of piperidine rings is 1. The van der Waals surface area contributed by atoms with Crippen molar-refractivity contribution >= 4 is 0 Å². The van der Waals surface area contributed by atoms with Crippen LogP contribution in [0.1, 0.15) is 36.6 Å². The van der Waals surface area contributed by atoms with Crippen LogP contribution in [0.15, 0.2) is 36.5 Å². The van der Waals surface area contributed by atoms with Crippen molar-refractivity contribution in [2.75, 3.05) is 26.7 Å². The van der Waals surface area contributed by atoms with Gasteiger partial charge in [-0.05, 0) is 49.7 Å². The summed E-state index contributed by atoms with van der Waals surface area (Å²) in [6.07, 6.45) is 5.75. The van der Waals surface area contributed by atoms with Crippen molar-refractivity contribution in [3.05, 3.63) is 47.8 Å². The van der Waals surface area contributed by atoms with Gasteiger partial charge >= 0.3 is 0 Å². The average molecular weight is 314 g/mol. The molecule has 2 heterocycles. The van der Waals surface area contributed by atoms with E-state index in [2.05, 4.69) is 44.7 Å². The van der Waals surface area contributed by atoms with Crippen LogP contribution in [-0.4, -0.2) is 41.8 Å². The molecule has 2 N–H and O–H groups in total. The van der Waals surface area contributed by atoms with Gasteiger partial charge in [0.1, 0.15) is 5.75 Å². The molecule has 5 heteroatoms. The molecule has 1 aromatic heterocycles. The number of likely N-dealkylation sites (tertiary alicyclic amines) is 1. The molecule has 23 heavy (non-hydrogen) atoms. The first-order valence-electron chi connectivity index (χ1n) is 8.44. The second-order valence-corrected chi connectivity index (χ2v) is 6.10. The Kier molecular flexibility index (Phi) is 5.66. The molecule has 0 radical (unpaired) electrons. The van der Waals surface area contributed by atoms with E-state index in [4.69, 9.17) is 4.74 Å². The van der Waals surface area contributed by atoms with Crippen LogP contribution in [0.5, 0.6) is 5.75 Å². The maximum Gasteiger partial charge on any atom is 0.118 e. The van der Waals surface area contributed by atoms with E-state index in [9.17, 15) is 0 Å². The second kappa shape index (κ2) is 8.13. The third kappa shape index (κ3) is 4.33. The van der Waals surface area contributed by atoms with Crippen molar-refractivity contribution < 1.29 is 4.74 Å². The molecule has 3 rings (SSSR count). The Labute approximate surface area is 138 Å². The fourth-order valence-corrected chi connectivity index (χ4v) is 3.24. The number of rotatable bonds is 7. The van der Waals surface area contributed by atoms with E-state index in [1.807, 2.05) is 6.07 Å². The summed E-state index contributed by atoms with van der Waals surface area (Å²) in [7, 11) is 1.71. The summed E-state index contributed by atoms with van der Waals surface area (Å²) >= 11 is 0. The summed E-state index contributed by atoms with van der Waals surface area (Å²) in [6.45, 7) is 4.12. The summed E-state index contributed by atoms with van der Waals surface area (Å²) in [5.74, 6) is 0.913. The number of nitrogens with one attached hydrogen (secondary N) is 2. The second-order valence-electron chi connectivity index (χ2n) is 6.10. The Bertz CT molecular complexity index is 561. The molecule has 1 aromatic carbocycles. The van der Waals surface area contributed by atoms with Crippen LogP contribution in [0.4, 0.5) is 0 Å². The van der Waals surface area contributed by atoms with Crippen molar-refractivity contribution in [3.8, 4) is 5.75 Å². The van der Waals surface area contributed by atoms with Gasteiger partial charge in [0.15, 0.2) is 0 Å². The Balaban J connectivity index is 1.66. The number of H-pyrrole nitrogens is 1. The minimum Gasteiger partial charge on any atom is -0.497 e. The monoisotopic (exact) mass is 314 g/mol. The standard InChI is InChI=1S/C18H26N4O/c1-23-17-7-5-15(6-8-17)18(22-11-3-2-4-12-22)14-19-13-16-9-10-20-21-16/h5-10,18-19H,2-4,11-14H2,1H3,(H,20,21). The van der Waals surface area contributed by atoms with Crippen LogP contribution in [-0.2, 0) is 6.54 Å². The van der Waals surface area contributed by atoms with Gasteiger partial charge in [0, 0.05) is 31.0 Å². The normalized spacial score (nSPS) is 17.1. The summed E-state index contributed by atoms with van der Waals surface area (Å²) < 4.78 is 5.28. The molecule has 1 fully saturated rings. The number of hydrogen-bond acceptors (Lipinski definition) is 4. The van der Waals surface area contributed by atoms with Gasteiger partial charge in [-0.15, -0.1) is 0 Å². The predicted molar refractivity (Wildman–Crippen MR) is 91.5 cm³/mol. The summed E-state index contributed by atoms with van der Waals surface area (Å²) in [6, 6.07) is 10.9. The quantitative estimate of drug-likeness (QED) is 0.825. The molecular weight excluding hydrogens is 288 g/mol. The molecule has 5 nitrogen and oxygen atoms in total. The highest BCUT2D eigenvalue weighted by atomic mass is 16.5. The topological polar surface area (TPSA) is 53.2 Å². The highest BCUT2D eigenvalue weighted by molar-refractivity contribution is 5.29. The van der Waals surface area contributed by atoms with Crippen LogP contribution in [0.2, 0.25) is 0 Å². The highest BCUT2D eigenvalue weighted by Crippen LogP contribution is 2.25. The van der Waals surface area contributed by atoms with Crippen LogP contribution in [0, 0.1) is 0 Å². The lowest BCUT2D eigenvalue weighted by atomic mass is 10.0. The summed E-state index contributed by atoms with van der Waals surface area (Å²) in [5, 5.41) is 10.6. The predicted octanol–water partition coefficient (Wildman–Crippen LogP) is 2.74. The van der Waals surface area contributed by atoms with Crippen LogP contribution < -0.4 is 10.1 Å². The number of aromatic nitrogens is 2. The molecule has 0 aliphatic carbocycles.